The molecule has 1 saturated heterocycles. The van der Waals surface area contributed by atoms with Crippen LogP contribution in [-0.2, 0) is 9.47 Å². The molecule has 1 aliphatic heterocycles. The van der Waals surface area contributed by atoms with Crippen molar-refractivity contribution in [1.82, 2.24) is 0 Å². The summed E-state index contributed by atoms with van der Waals surface area (Å²) in [6, 6.07) is 4.46. The summed E-state index contributed by atoms with van der Waals surface area (Å²) < 4.78 is 23.2. The van der Waals surface area contributed by atoms with Gasteiger partial charge in [0.2, 0.25) is 0 Å². The summed E-state index contributed by atoms with van der Waals surface area (Å²) in [5.41, 5.74) is 6.28. The molecule has 0 bridgehead atoms. The first kappa shape index (κ1) is 8.47. The van der Waals surface area contributed by atoms with Crippen LogP contribution in [0.25, 0.3) is 0 Å². The number of rotatable bonds is 1. The average Bonchev–Trinajstić information content (AvgIpc) is 2.62. The Hall–Kier alpha value is -1.13. The third kappa shape index (κ3) is 1.64. The standard InChI is InChI=1S/C9H10FNO2/c10-7-2-1-6(5-8(7)11)9-12-3-4-13-9/h1-2,5,9H,3-4,11H2. The van der Waals surface area contributed by atoms with Crippen molar-refractivity contribution in [2.24, 2.45) is 0 Å². The molecule has 4 heteroatoms. The average molecular weight is 183 g/mol. The lowest BCUT2D eigenvalue weighted by Gasteiger charge is -2.09. The van der Waals surface area contributed by atoms with Gasteiger partial charge in [0.1, 0.15) is 5.82 Å². The quantitative estimate of drug-likeness (QED) is 0.670. The van der Waals surface area contributed by atoms with Crippen molar-refractivity contribution < 1.29 is 13.9 Å². The Labute approximate surface area is 75.3 Å². The molecule has 1 heterocycles. The van der Waals surface area contributed by atoms with Gasteiger partial charge in [-0.25, -0.2) is 4.39 Å². The minimum atomic E-state index is -0.415. The van der Waals surface area contributed by atoms with Gasteiger partial charge in [-0.15, -0.1) is 0 Å². The van der Waals surface area contributed by atoms with Crippen LogP contribution in [0.3, 0.4) is 0 Å². The van der Waals surface area contributed by atoms with Gasteiger partial charge in [-0.05, 0) is 12.1 Å². The van der Waals surface area contributed by atoms with E-state index in [1.807, 2.05) is 0 Å². The summed E-state index contributed by atoms with van der Waals surface area (Å²) in [5, 5.41) is 0. The highest BCUT2D eigenvalue weighted by molar-refractivity contribution is 5.42. The number of ether oxygens (including phenoxy) is 2. The third-order valence-electron chi connectivity index (χ3n) is 1.91. The van der Waals surface area contributed by atoms with Crippen molar-refractivity contribution in [3.63, 3.8) is 0 Å². The Morgan fingerprint density at radius 2 is 2.00 bits per heavy atom. The maximum atomic E-state index is 12.8. The lowest BCUT2D eigenvalue weighted by molar-refractivity contribution is -0.0441. The zero-order valence-electron chi connectivity index (χ0n) is 7.00. The Balaban J connectivity index is 2.25. The summed E-state index contributed by atoms with van der Waals surface area (Å²) in [6.07, 6.45) is -0.386. The van der Waals surface area contributed by atoms with E-state index in [-0.39, 0.29) is 12.0 Å². The molecule has 0 aliphatic carbocycles. The molecule has 3 nitrogen and oxygen atoms in total. The van der Waals surface area contributed by atoms with Gasteiger partial charge >= 0.3 is 0 Å². The molecule has 0 unspecified atom stereocenters. The van der Waals surface area contributed by atoms with Crippen LogP contribution in [0, 0.1) is 5.82 Å². The second-order valence-corrected chi connectivity index (χ2v) is 2.85. The van der Waals surface area contributed by atoms with Gasteiger partial charge in [0.15, 0.2) is 6.29 Å². The van der Waals surface area contributed by atoms with Crippen molar-refractivity contribution >= 4 is 5.69 Å². The fourth-order valence-electron chi connectivity index (χ4n) is 1.26. The number of anilines is 1. The molecule has 0 atom stereocenters. The highest BCUT2D eigenvalue weighted by atomic mass is 19.1. The van der Waals surface area contributed by atoms with Gasteiger partial charge in [0.05, 0.1) is 18.9 Å². The first-order valence-corrected chi connectivity index (χ1v) is 4.05. The van der Waals surface area contributed by atoms with Crippen LogP contribution in [0.2, 0.25) is 0 Å². The summed E-state index contributed by atoms with van der Waals surface area (Å²) in [6.45, 7) is 1.14. The Morgan fingerprint density at radius 3 is 2.62 bits per heavy atom. The summed E-state index contributed by atoms with van der Waals surface area (Å²) in [7, 11) is 0. The van der Waals surface area contributed by atoms with Crippen LogP contribution in [-0.4, -0.2) is 13.2 Å². The second kappa shape index (κ2) is 3.32. The third-order valence-corrected chi connectivity index (χ3v) is 1.91. The number of benzene rings is 1. The molecule has 1 aromatic rings. The molecule has 1 aliphatic rings. The highest BCUT2D eigenvalue weighted by Crippen LogP contribution is 2.25. The minimum absolute atomic E-state index is 0.122. The number of nitrogens with two attached hydrogens (primary N) is 1. The molecule has 2 N–H and O–H groups in total. The van der Waals surface area contributed by atoms with E-state index in [1.54, 1.807) is 6.07 Å². The van der Waals surface area contributed by atoms with E-state index in [4.69, 9.17) is 15.2 Å². The Kier molecular flexibility index (Phi) is 2.16. The smallest absolute Gasteiger partial charge is 0.184 e. The fourth-order valence-corrected chi connectivity index (χ4v) is 1.26. The van der Waals surface area contributed by atoms with E-state index in [9.17, 15) is 4.39 Å². The van der Waals surface area contributed by atoms with Crippen LogP contribution in [0.15, 0.2) is 18.2 Å². The first-order chi connectivity index (χ1) is 6.27. The molecule has 70 valence electrons. The molecule has 0 radical (unpaired) electrons. The van der Waals surface area contributed by atoms with Crippen LogP contribution >= 0.6 is 0 Å². The van der Waals surface area contributed by atoms with Crippen LogP contribution in [0.5, 0.6) is 0 Å². The van der Waals surface area contributed by atoms with E-state index in [0.29, 0.717) is 13.2 Å². The summed E-state index contributed by atoms with van der Waals surface area (Å²) in [5.74, 6) is -0.415. The molecule has 1 aromatic carbocycles. The van der Waals surface area contributed by atoms with Crippen molar-refractivity contribution in [3.8, 4) is 0 Å². The summed E-state index contributed by atoms with van der Waals surface area (Å²) >= 11 is 0. The Bertz CT molecular complexity index is 310. The SMILES string of the molecule is Nc1cc(C2OCCO2)ccc1F. The topological polar surface area (TPSA) is 44.5 Å². The predicted octanol–water partition coefficient (Wildman–Crippen LogP) is 1.45. The van der Waals surface area contributed by atoms with Gasteiger partial charge < -0.3 is 15.2 Å². The number of hydrogen-bond donors (Lipinski definition) is 1. The van der Waals surface area contributed by atoms with Crippen molar-refractivity contribution in [2.45, 2.75) is 6.29 Å². The predicted molar refractivity (Wildman–Crippen MR) is 45.5 cm³/mol. The maximum Gasteiger partial charge on any atom is 0.184 e. The van der Waals surface area contributed by atoms with Gasteiger partial charge in [-0.1, -0.05) is 6.07 Å². The molecule has 0 spiro atoms. The molecular weight excluding hydrogens is 173 g/mol. The van der Waals surface area contributed by atoms with Crippen molar-refractivity contribution in [2.75, 3.05) is 18.9 Å². The molecule has 0 aromatic heterocycles. The van der Waals surface area contributed by atoms with Crippen LogP contribution < -0.4 is 5.73 Å². The minimum Gasteiger partial charge on any atom is -0.396 e. The number of hydrogen-bond acceptors (Lipinski definition) is 3. The van der Waals surface area contributed by atoms with Crippen LogP contribution in [0.4, 0.5) is 10.1 Å². The number of nitrogen functional groups attached to an aromatic ring is 1. The normalized spacial score (nSPS) is 17.9. The maximum absolute atomic E-state index is 12.8. The van der Waals surface area contributed by atoms with E-state index >= 15 is 0 Å². The fraction of sp³-hybridized carbons (Fsp3) is 0.333. The van der Waals surface area contributed by atoms with Gasteiger partial charge in [0.25, 0.3) is 0 Å². The zero-order chi connectivity index (χ0) is 9.26. The lowest BCUT2D eigenvalue weighted by Crippen LogP contribution is -2.00. The van der Waals surface area contributed by atoms with Gasteiger partial charge in [-0.3, -0.25) is 0 Å². The zero-order valence-corrected chi connectivity index (χ0v) is 7.00. The molecule has 13 heavy (non-hydrogen) atoms. The first-order valence-electron chi connectivity index (χ1n) is 4.05. The molecule has 0 saturated carbocycles. The largest absolute Gasteiger partial charge is 0.396 e. The van der Waals surface area contributed by atoms with Crippen molar-refractivity contribution in [3.05, 3.63) is 29.6 Å². The van der Waals surface area contributed by atoms with E-state index < -0.39 is 5.82 Å². The van der Waals surface area contributed by atoms with E-state index in [0.717, 1.165) is 5.56 Å². The van der Waals surface area contributed by atoms with Crippen molar-refractivity contribution in [1.29, 1.82) is 0 Å². The molecule has 2 rings (SSSR count). The lowest BCUT2D eigenvalue weighted by atomic mass is 10.2. The summed E-state index contributed by atoms with van der Waals surface area (Å²) in [4.78, 5) is 0. The Morgan fingerprint density at radius 1 is 1.31 bits per heavy atom. The highest BCUT2D eigenvalue weighted by Gasteiger charge is 2.18. The molecular formula is C9H10FNO2. The monoisotopic (exact) mass is 183 g/mol. The van der Waals surface area contributed by atoms with Crippen LogP contribution in [0.1, 0.15) is 11.9 Å². The van der Waals surface area contributed by atoms with E-state index in [1.165, 1.54) is 12.1 Å². The number of halogens is 1. The molecule has 1 fully saturated rings. The van der Waals surface area contributed by atoms with Gasteiger partial charge in [0, 0.05) is 5.56 Å². The molecule has 0 amide bonds. The van der Waals surface area contributed by atoms with E-state index in [2.05, 4.69) is 0 Å². The second-order valence-electron chi connectivity index (χ2n) is 2.85. The van der Waals surface area contributed by atoms with Gasteiger partial charge in [-0.2, -0.15) is 0 Å².